The van der Waals surface area contributed by atoms with Crippen molar-refractivity contribution < 1.29 is 14.6 Å². The van der Waals surface area contributed by atoms with Gasteiger partial charge in [-0.1, -0.05) is 0 Å². The summed E-state index contributed by atoms with van der Waals surface area (Å²) in [6.07, 6.45) is 3.15. The number of carboxylic acids is 1. The Morgan fingerprint density at radius 2 is 2.38 bits per heavy atom. The van der Waals surface area contributed by atoms with Crippen molar-refractivity contribution in [2.75, 3.05) is 0 Å². The molecule has 2 N–H and O–H groups in total. The zero-order valence-corrected chi connectivity index (χ0v) is 8.12. The van der Waals surface area contributed by atoms with Crippen molar-refractivity contribution in [3.63, 3.8) is 0 Å². The van der Waals surface area contributed by atoms with Gasteiger partial charge in [-0.15, -0.1) is 5.10 Å². The van der Waals surface area contributed by atoms with Gasteiger partial charge < -0.3 is 9.84 Å². The van der Waals surface area contributed by atoms with Crippen LogP contribution in [0.1, 0.15) is 16.2 Å². The monoisotopic (exact) mass is 220 g/mol. The molecule has 2 aromatic rings. The Morgan fingerprint density at radius 1 is 1.50 bits per heavy atom. The second-order valence-corrected chi connectivity index (χ2v) is 2.90. The van der Waals surface area contributed by atoms with E-state index in [2.05, 4.69) is 20.4 Å². The van der Waals surface area contributed by atoms with Gasteiger partial charge >= 0.3 is 5.97 Å². The summed E-state index contributed by atoms with van der Waals surface area (Å²) in [5.41, 5.74) is 0.111. The number of aromatic amines is 1. The molecule has 0 unspecified atom stereocenters. The van der Waals surface area contributed by atoms with Crippen molar-refractivity contribution in [1.82, 2.24) is 20.4 Å². The maximum absolute atomic E-state index is 10.7. The number of aromatic nitrogens is 4. The van der Waals surface area contributed by atoms with Crippen LogP contribution in [0.15, 0.2) is 24.5 Å². The minimum Gasteiger partial charge on any atom is -0.486 e. The number of H-pyrrole nitrogens is 1. The second-order valence-electron chi connectivity index (χ2n) is 2.90. The van der Waals surface area contributed by atoms with Crippen LogP contribution in [0.3, 0.4) is 0 Å². The van der Waals surface area contributed by atoms with E-state index in [1.165, 1.54) is 6.20 Å². The van der Waals surface area contributed by atoms with Crippen molar-refractivity contribution in [2.45, 2.75) is 6.61 Å². The van der Waals surface area contributed by atoms with E-state index in [0.29, 0.717) is 5.75 Å². The van der Waals surface area contributed by atoms with Crippen LogP contribution in [0.5, 0.6) is 5.75 Å². The first-order valence-corrected chi connectivity index (χ1v) is 4.43. The van der Waals surface area contributed by atoms with Crippen LogP contribution in [0, 0.1) is 0 Å². The quantitative estimate of drug-likeness (QED) is 0.776. The molecule has 0 amide bonds. The topological polar surface area (TPSA) is 101 Å². The Morgan fingerprint density at radius 3 is 3.06 bits per heavy atom. The Hall–Kier alpha value is -2.44. The number of nitrogens with zero attached hydrogens (tertiary/aromatic N) is 3. The third-order valence-electron chi connectivity index (χ3n) is 1.83. The molecule has 0 spiro atoms. The number of rotatable bonds is 4. The van der Waals surface area contributed by atoms with Crippen LogP contribution in [0.4, 0.5) is 0 Å². The number of nitrogens with one attached hydrogen (secondary N) is 1. The summed E-state index contributed by atoms with van der Waals surface area (Å²) < 4.78 is 5.29. The highest BCUT2D eigenvalue weighted by molar-refractivity contribution is 5.86. The lowest BCUT2D eigenvalue weighted by Gasteiger charge is -2.02. The van der Waals surface area contributed by atoms with Gasteiger partial charge in [-0.3, -0.25) is 4.98 Å². The van der Waals surface area contributed by atoms with Gasteiger partial charge in [0.25, 0.3) is 0 Å². The fourth-order valence-corrected chi connectivity index (χ4v) is 1.11. The molecule has 0 saturated heterocycles. The molecule has 0 atom stereocenters. The first kappa shape index (κ1) is 10.1. The van der Waals surface area contributed by atoms with Crippen LogP contribution in [0.2, 0.25) is 0 Å². The maximum Gasteiger partial charge on any atom is 0.358 e. The lowest BCUT2D eigenvalue weighted by Crippen LogP contribution is -2.05. The highest BCUT2D eigenvalue weighted by Crippen LogP contribution is 2.10. The molecule has 82 valence electrons. The second kappa shape index (κ2) is 4.39. The predicted molar refractivity (Wildman–Crippen MR) is 51.9 cm³/mol. The maximum atomic E-state index is 10.7. The first-order chi connectivity index (χ1) is 7.77. The zero-order chi connectivity index (χ0) is 11.4. The lowest BCUT2D eigenvalue weighted by atomic mass is 10.3. The van der Waals surface area contributed by atoms with Gasteiger partial charge in [-0.2, -0.15) is 10.3 Å². The van der Waals surface area contributed by atoms with Crippen LogP contribution in [-0.4, -0.2) is 31.5 Å². The SMILES string of the molecule is O=C(O)c1n[nH]nc1COc1cccnc1. The van der Waals surface area contributed by atoms with Gasteiger partial charge in [0.1, 0.15) is 18.1 Å². The Kier molecular flexibility index (Phi) is 2.77. The summed E-state index contributed by atoms with van der Waals surface area (Å²) >= 11 is 0. The van der Waals surface area contributed by atoms with Gasteiger partial charge in [-0.25, -0.2) is 4.79 Å². The summed E-state index contributed by atoms with van der Waals surface area (Å²) in [5, 5.41) is 18.2. The Bertz CT molecular complexity index is 483. The lowest BCUT2D eigenvalue weighted by molar-refractivity contribution is 0.0687. The van der Waals surface area contributed by atoms with E-state index in [9.17, 15) is 4.79 Å². The Labute approximate surface area is 90.1 Å². The van der Waals surface area contributed by atoms with Crippen molar-refractivity contribution in [3.8, 4) is 5.75 Å². The van der Waals surface area contributed by atoms with Gasteiger partial charge in [-0.05, 0) is 12.1 Å². The van der Waals surface area contributed by atoms with Crippen LogP contribution >= 0.6 is 0 Å². The zero-order valence-electron chi connectivity index (χ0n) is 8.12. The molecule has 0 radical (unpaired) electrons. The van der Waals surface area contributed by atoms with E-state index in [1.54, 1.807) is 18.3 Å². The predicted octanol–water partition coefficient (Wildman–Crippen LogP) is 0.477. The average Bonchev–Trinajstić information content (AvgIpc) is 2.76. The minimum absolute atomic E-state index is 0.0316. The Balaban J connectivity index is 2.05. The molecule has 0 aliphatic carbocycles. The summed E-state index contributed by atoms with van der Waals surface area (Å²) in [4.78, 5) is 14.6. The molecular formula is C9H8N4O3. The molecule has 0 aliphatic heterocycles. The smallest absolute Gasteiger partial charge is 0.358 e. The van der Waals surface area contributed by atoms with Crippen LogP contribution < -0.4 is 4.74 Å². The summed E-state index contributed by atoms with van der Waals surface area (Å²) in [6, 6.07) is 3.43. The molecule has 0 aromatic carbocycles. The molecule has 2 rings (SSSR count). The molecule has 0 saturated carbocycles. The van der Waals surface area contributed by atoms with Gasteiger partial charge in [0, 0.05) is 6.20 Å². The molecular weight excluding hydrogens is 212 g/mol. The van der Waals surface area contributed by atoms with Crippen molar-refractivity contribution >= 4 is 5.97 Å². The summed E-state index contributed by atoms with van der Waals surface area (Å²) in [6.45, 7) is 0.0316. The molecule has 7 nitrogen and oxygen atoms in total. The van der Waals surface area contributed by atoms with E-state index < -0.39 is 5.97 Å². The van der Waals surface area contributed by atoms with Crippen LogP contribution in [0.25, 0.3) is 0 Å². The molecule has 0 aliphatic rings. The fourth-order valence-electron chi connectivity index (χ4n) is 1.11. The molecule has 7 heteroatoms. The van der Waals surface area contributed by atoms with Gasteiger partial charge in [0.05, 0.1) is 6.20 Å². The standard InChI is InChI=1S/C9H8N4O3/c14-9(15)8-7(11-13-12-8)5-16-6-2-1-3-10-4-6/h1-4H,5H2,(H,14,15)(H,11,12,13). The largest absolute Gasteiger partial charge is 0.486 e. The molecule has 0 fully saturated rings. The third-order valence-corrected chi connectivity index (χ3v) is 1.83. The number of aromatic carboxylic acids is 1. The molecule has 2 heterocycles. The number of pyridine rings is 1. The van der Waals surface area contributed by atoms with E-state index in [-0.39, 0.29) is 18.0 Å². The number of carbonyl (C=O) groups is 1. The van der Waals surface area contributed by atoms with Gasteiger partial charge in [0.2, 0.25) is 0 Å². The highest BCUT2D eigenvalue weighted by atomic mass is 16.5. The highest BCUT2D eigenvalue weighted by Gasteiger charge is 2.15. The molecule has 16 heavy (non-hydrogen) atoms. The number of carboxylic acid groups (broad SMARTS) is 1. The molecule has 0 bridgehead atoms. The van der Waals surface area contributed by atoms with Crippen molar-refractivity contribution in [3.05, 3.63) is 35.9 Å². The van der Waals surface area contributed by atoms with Crippen molar-refractivity contribution in [1.29, 1.82) is 0 Å². The summed E-state index contributed by atoms with van der Waals surface area (Å²) in [7, 11) is 0. The fraction of sp³-hybridized carbons (Fsp3) is 0.111. The normalized spacial score (nSPS) is 10.0. The summed E-state index contributed by atoms with van der Waals surface area (Å²) in [5.74, 6) is -0.597. The minimum atomic E-state index is -1.14. The van der Waals surface area contributed by atoms with Crippen LogP contribution in [-0.2, 0) is 6.61 Å². The molecule has 2 aromatic heterocycles. The third kappa shape index (κ3) is 2.14. The first-order valence-electron chi connectivity index (χ1n) is 4.43. The van der Waals surface area contributed by atoms with E-state index in [0.717, 1.165) is 0 Å². The number of hydrogen-bond acceptors (Lipinski definition) is 5. The van der Waals surface area contributed by atoms with Gasteiger partial charge in [0.15, 0.2) is 5.69 Å². The van der Waals surface area contributed by atoms with E-state index in [4.69, 9.17) is 9.84 Å². The van der Waals surface area contributed by atoms with Crippen molar-refractivity contribution in [2.24, 2.45) is 0 Å². The number of hydrogen-bond donors (Lipinski definition) is 2. The average molecular weight is 220 g/mol. The van der Waals surface area contributed by atoms with E-state index in [1.807, 2.05) is 0 Å². The number of ether oxygens (including phenoxy) is 1. The van der Waals surface area contributed by atoms with E-state index >= 15 is 0 Å².